The van der Waals surface area contributed by atoms with Gasteiger partial charge in [0.25, 0.3) is 13.0 Å². The molecule has 2 radical (unpaired) electrons. The Morgan fingerprint density at radius 2 is 2.00 bits per heavy atom. The SMILES string of the molecule is [B]P(=O)(OC[C@H]1O[C@@H](n2cc(C)c(=O)[nH]c2=O)C[C@H]1N=[N+]=[N-])OP(=O)(O)C(F)(F)P(=O)(O)OC. The highest BCUT2D eigenvalue weighted by Crippen LogP contribution is 2.78. The highest BCUT2D eigenvalue weighted by molar-refractivity contribution is 7.86. The zero-order valence-electron chi connectivity index (χ0n) is 17.3. The number of rotatable bonds is 10. The van der Waals surface area contributed by atoms with E-state index in [1.807, 2.05) is 4.98 Å². The lowest BCUT2D eigenvalue weighted by Gasteiger charge is -2.27. The fourth-order valence-corrected chi connectivity index (χ4v) is 6.94. The maximum absolute atomic E-state index is 13.9. The van der Waals surface area contributed by atoms with Crippen molar-refractivity contribution in [1.82, 2.24) is 9.55 Å². The third kappa shape index (κ3) is 5.95. The number of nitrogens with one attached hydrogen (secondary N) is 1. The average Bonchev–Trinajstić information content (AvgIpc) is 3.11. The zero-order chi connectivity index (χ0) is 26.1. The molecule has 0 aliphatic carbocycles. The van der Waals surface area contributed by atoms with Crippen molar-refractivity contribution in [2.24, 2.45) is 5.11 Å². The van der Waals surface area contributed by atoms with Crippen LogP contribution in [-0.4, -0.2) is 58.2 Å². The number of azide groups is 1. The number of aryl methyl sites for hydroxylation is 1. The Hall–Kier alpha value is -1.64. The van der Waals surface area contributed by atoms with Crippen LogP contribution in [0.2, 0.25) is 0 Å². The maximum atomic E-state index is 13.9. The summed E-state index contributed by atoms with van der Waals surface area (Å²) in [7, 11) is -12.4. The molecule has 22 heteroatoms. The van der Waals surface area contributed by atoms with Crippen molar-refractivity contribution in [1.29, 1.82) is 0 Å². The molecule has 0 amide bonds. The van der Waals surface area contributed by atoms with Gasteiger partial charge in [-0.2, -0.15) is 8.78 Å². The summed E-state index contributed by atoms with van der Waals surface area (Å²) in [5, 5.41) is -2.00. The second-order valence-electron chi connectivity index (χ2n) is 6.77. The van der Waals surface area contributed by atoms with Gasteiger partial charge in [0.15, 0.2) is 0 Å². The van der Waals surface area contributed by atoms with Crippen LogP contribution in [0.25, 0.3) is 10.4 Å². The molecule has 2 rings (SSSR count). The summed E-state index contributed by atoms with van der Waals surface area (Å²) in [5.41, 5.74) is 7.35. The quantitative estimate of drug-likeness (QED) is 0.125. The van der Waals surface area contributed by atoms with Gasteiger partial charge in [-0.1, -0.05) is 5.11 Å². The van der Waals surface area contributed by atoms with Gasteiger partial charge in [-0.3, -0.25) is 28.0 Å². The van der Waals surface area contributed by atoms with Gasteiger partial charge in [-0.25, -0.2) is 9.11 Å². The summed E-state index contributed by atoms with van der Waals surface area (Å²) in [4.78, 5) is 46.7. The molecule has 16 nitrogen and oxygen atoms in total. The van der Waals surface area contributed by atoms with Gasteiger partial charge in [-0.15, -0.1) is 0 Å². The minimum Gasteiger partial charge on any atom is -0.352 e. The average molecular weight is 549 g/mol. The largest absolute Gasteiger partial charge is 0.444 e. The fourth-order valence-electron chi connectivity index (χ4n) is 2.70. The van der Waals surface area contributed by atoms with Crippen molar-refractivity contribution < 1.29 is 50.4 Å². The van der Waals surface area contributed by atoms with Crippen molar-refractivity contribution in [3.05, 3.63) is 43.0 Å². The molecule has 1 aromatic heterocycles. The first-order valence-corrected chi connectivity index (χ1v) is 13.6. The number of halogens is 2. The summed E-state index contributed by atoms with van der Waals surface area (Å²) < 4.78 is 81.7. The number of hydrogen-bond donors (Lipinski definition) is 3. The molecule has 1 fully saturated rings. The lowest BCUT2D eigenvalue weighted by Crippen LogP contribution is -2.33. The minimum absolute atomic E-state index is 0.139. The van der Waals surface area contributed by atoms with E-state index < -0.39 is 64.3 Å². The van der Waals surface area contributed by atoms with Crippen LogP contribution in [0.1, 0.15) is 18.2 Å². The third-order valence-electron chi connectivity index (χ3n) is 4.43. The third-order valence-corrected chi connectivity index (χ3v) is 10.1. The van der Waals surface area contributed by atoms with Gasteiger partial charge in [0.05, 0.1) is 18.8 Å². The van der Waals surface area contributed by atoms with Gasteiger partial charge < -0.3 is 23.6 Å². The Kier molecular flexibility index (Phi) is 8.54. The van der Waals surface area contributed by atoms with E-state index in [1.54, 1.807) is 0 Å². The van der Waals surface area contributed by atoms with Crippen LogP contribution in [0.3, 0.4) is 0 Å². The number of alkyl halides is 2. The van der Waals surface area contributed by atoms with E-state index in [4.69, 9.17) is 22.7 Å². The summed E-state index contributed by atoms with van der Waals surface area (Å²) >= 11 is 0. The second-order valence-corrected chi connectivity index (χ2v) is 12.7. The standard InChI is InChI=1S/C12H17BF2N5O11P3/c1-6-4-20(11(22)17-10(6)21)9-3-7(18-19-16)8(30-9)5-29-34(13,27)31-33(25,26)12(14,15)32(23,24)28-2/h4,7-9H,3,5H2,1-2H3,(H,23,24)(H,25,26)(H,17,21,22)/t7-,8-,9-,34?/m1/s1. The molecule has 6 atom stereocenters. The molecule has 0 spiro atoms. The van der Waals surface area contributed by atoms with E-state index in [9.17, 15) is 37.0 Å². The van der Waals surface area contributed by atoms with Crippen LogP contribution in [0.5, 0.6) is 0 Å². The first-order valence-electron chi connectivity index (χ1n) is 8.83. The van der Waals surface area contributed by atoms with Gasteiger partial charge in [0, 0.05) is 30.2 Å². The van der Waals surface area contributed by atoms with Crippen molar-refractivity contribution >= 4 is 30.2 Å². The summed E-state index contributed by atoms with van der Waals surface area (Å²) in [6.07, 6.45) is -1.44. The van der Waals surface area contributed by atoms with Gasteiger partial charge >= 0.3 is 26.3 Å². The topological polar surface area (TPSA) is 232 Å². The predicted octanol–water partition coefficient (Wildman–Crippen LogP) is 1.69. The van der Waals surface area contributed by atoms with Crippen LogP contribution in [0.4, 0.5) is 8.78 Å². The van der Waals surface area contributed by atoms with Crippen LogP contribution in [0.15, 0.2) is 20.9 Å². The molecular weight excluding hydrogens is 532 g/mol. The van der Waals surface area contributed by atoms with E-state index in [-0.39, 0.29) is 12.0 Å². The molecule has 188 valence electrons. The monoisotopic (exact) mass is 549 g/mol. The number of ether oxygens (including phenoxy) is 1. The minimum atomic E-state index is -6.51. The van der Waals surface area contributed by atoms with Crippen molar-refractivity contribution in [3.63, 3.8) is 0 Å². The summed E-state index contributed by atoms with van der Waals surface area (Å²) in [6.45, 7) is 0.479. The molecule has 1 saturated heterocycles. The van der Waals surface area contributed by atoms with Crippen molar-refractivity contribution in [3.8, 4) is 0 Å². The number of H-pyrrole nitrogens is 1. The lowest BCUT2D eigenvalue weighted by molar-refractivity contribution is -0.0232. The van der Waals surface area contributed by atoms with Crippen LogP contribution in [0, 0.1) is 6.92 Å². The number of hydrogen-bond acceptors (Lipinski definition) is 10. The fraction of sp³-hybridized carbons (Fsp3) is 0.667. The van der Waals surface area contributed by atoms with E-state index in [0.29, 0.717) is 7.11 Å². The van der Waals surface area contributed by atoms with Crippen LogP contribution >= 0.6 is 22.7 Å². The molecule has 3 N–H and O–H groups in total. The number of aromatic amines is 1. The van der Waals surface area contributed by atoms with Crippen molar-refractivity contribution in [2.45, 2.75) is 37.1 Å². The molecular formula is C12H17BF2N5O11P3. The molecule has 34 heavy (non-hydrogen) atoms. The first-order chi connectivity index (χ1) is 15.5. The van der Waals surface area contributed by atoms with E-state index in [1.165, 1.54) is 6.92 Å². The Morgan fingerprint density at radius 1 is 1.38 bits per heavy atom. The molecule has 0 bridgehead atoms. The normalized spacial score (nSPS) is 26.1. The van der Waals surface area contributed by atoms with E-state index in [2.05, 4.69) is 23.4 Å². The van der Waals surface area contributed by atoms with Crippen LogP contribution < -0.4 is 11.2 Å². The first kappa shape index (κ1) is 28.6. The highest BCUT2D eigenvalue weighted by atomic mass is 31.3. The number of aromatic nitrogens is 2. The van der Waals surface area contributed by atoms with E-state index in [0.717, 1.165) is 10.8 Å². The second kappa shape index (κ2) is 10.2. The molecule has 2 heterocycles. The molecule has 3 unspecified atom stereocenters. The Labute approximate surface area is 189 Å². The Balaban J connectivity index is 2.20. The summed E-state index contributed by atoms with van der Waals surface area (Å²) in [6, 6.07) is -1.09. The Morgan fingerprint density at radius 3 is 2.56 bits per heavy atom. The predicted molar refractivity (Wildman–Crippen MR) is 110 cm³/mol. The van der Waals surface area contributed by atoms with Crippen LogP contribution in [-0.2, 0) is 31.8 Å². The van der Waals surface area contributed by atoms with Gasteiger partial charge in [0.1, 0.15) is 6.23 Å². The smallest absolute Gasteiger partial charge is 0.352 e. The number of nitrogens with zero attached hydrogens (tertiary/aromatic N) is 4. The molecule has 0 aromatic carbocycles. The molecule has 0 saturated carbocycles. The van der Waals surface area contributed by atoms with Gasteiger partial charge in [0.2, 0.25) is 7.57 Å². The lowest BCUT2D eigenvalue weighted by atomic mass is 10.1. The molecule has 1 aliphatic heterocycles. The summed E-state index contributed by atoms with van der Waals surface area (Å²) in [5.74, 6) is 0. The van der Waals surface area contributed by atoms with Crippen molar-refractivity contribution in [2.75, 3.05) is 13.7 Å². The molecule has 1 aliphatic rings. The highest BCUT2D eigenvalue weighted by Gasteiger charge is 2.67. The van der Waals surface area contributed by atoms with E-state index >= 15 is 0 Å². The zero-order valence-corrected chi connectivity index (χ0v) is 19.9. The molecule has 1 aromatic rings. The maximum Gasteiger partial charge on any atom is 0.444 e. The van der Waals surface area contributed by atoms with Gasteiger partial charge in [-0.05, 0) is 12.5 Å². The Bertz CT molecular complexity index is 1250.